The maximum atomic E-state index is 12.1. The first-order valence-electron chi connectivity index (χ1n) is 8.35. The fraction of sp³-hybridized carbons (Fsp3) is 0.316. The molecule has 0 bridgehead atoms. The molecule has 0 saturated heterocycles. The maximum absolute atomic E-state index is 12.1. The maximum Gasteiger partial charge on any atom is 0.319 e. The summed E-state index contributed by atoms with van der Waals surface area (Å²) in [5, 5.41) is 5.60. The van der Waals surface area contributed by atoms with E-state index >= 15 is 0 Å². The van der Waals surface area contributed by atoms with Crippen molar-refractivity contribution in [3.05, 3.63) is 42.0 Å². The van der Waals surface area contributed by atoms with E-state index in [4.69, 9.17) is 18.9 Å². The first-order chi connectivity index (χ1) is 12.7. The number of urea groups is 1. The second-order valence-corrected chi connectivity index (χ2v) is 5.68. The molecule has 138 valence electrons. The molecule has 0 unspecified atom stereocenters. The van der Waals surface area contributed by atoms with Crippen LogP contribution in [-0.4, -0.2) is 40.0 Å². The van der Waals surface area contributed by atoms with Crippen LogP contribution in [0.4, 0.5) is 10.5 Å². The molecule has 0 saturated carbocycles. The van der Waals surface area contributed by atoms with Gasteiger partial charge in [0.2, 0.25) is 0 Å². The number of amides is 2. The molecule has 2 N–H and O–H groups in total. The molecule has 7 heteroatoms. The van der Waals surface area contributed by atoms with Gasteiger partial charge in [-0.3, -0.25) is 0 Å². The van der Waals surface area contributed by atoms with Crippen LogP contribution in [0.25, 0.3) is 0 Å². The Labute approximate surface area is 152 Å². The number of hydrogen-bond acceptors (Lipinski definition) is 5. The Bertz CT molecular complexity index is 779. The zero-order chi connectivity index (χ0) is 18.4. The summed E-state index contributed by atoms with van der Waals surface area (Å²) in [6.07, 6.45) is 0.684. The van der Waals surface area contributed by atoms with Gasteiger partial charge in [-0.1, -0.05) is 6.07 Å². The Hall–Kier alpha value is -3.09. The second-order valence-electron chi connectivity index (χ2n) is 5.68. The molecular weight excluding hydrogens is 336 g/mol. The molecule has 7 nitrogen and oxygen atoms in total. The van der Waals surface area contributed by atoms with Crippen LogP contribution in [-0.2, 0) is 6.42 Å². The van der Waals surface area contributed by atoms with Crippen molar-refractivity contribution in [2.24, 2.45) is 0 Å². The molecule has 0 radical (unpaired) electrons. The van der Waals surface area contributed by atoms with Gasteiger partial charge in [0.1, 0.15) is 24.7 Å². The number of anilines is 1. The minimum Gasteiger partial charge on any atom is -0.497 e. The molecule has 0 atom stereocenters. The number of hydrogen-bond donors (Lipinski definition) is 2. The number of carbonyl (C=O) groups is 1. The number of benzene rings is 2. The molecule has 26 heavy (non-hydrogen) atoms. The van der Waals surface area contributed by atoms with Gasteiger partial charge in [0.05, 0.1) is 19.9 Å². The molecule has 1 aliphatic heterocycles. The Morgan fingerprint density at radius 2 is 1.85 bits per heavy atom. The van der Waals surface area contributed by atoms with Crippen molar-refractivity contribution in [2.75, 3.05) is 39.3 Å². The molecule has 2 aromatic rings. The van der Waals surface area contributed by atoms with Crippen LogP contribution in [0.3, 0.4) is 0 Å². The second kappa shape index (κ2) is 8.33. The van der Waals surface area contributed by atoms with Crippen molar-refractivity contribution in [3.63, 3.8) is 0 Å². The van der Waals surface area contributed by atoms with E-state index < -0.39 is 0 Å². The van der Waals surface area contributed by atoms with E-state index in [2.05, 4.69) is 10.6 Å². The summed E-state index contributed by atoms with van der Waals surface area (Å²) in [7, 11) is 3.12. The fourth-order valence-corrected chi connectivity index (χ4v) is 2.63. The Morgan fingerprint density at radius 1 is 1.04 bits per heavy atom. The van der Waals surface area contributed by atoms with Gasteiger partial charge in [-0.25, -0.2) is 4.79 Å². The standard InChI is InChI=1S/C19H22N2O5/c1-23-14-4-5-15(17(12-14)24-2)21-19(22)20-8-7-13-3-6-16-18(11-13)26-10-9-25-16/h3-6,11-12H,7-10H2,1-2H3,(H2,20,21,22). The number of ether oxygens (including phenoxy) is 4. The highest BCUT2D eigenvalue weighted by molar-refractivity contribution is 5.91. The zero-order valence-corrected chi connectivity index (χ0v) is 14.8. The van der Waals surface area contributed by atoms with E-state index in [0.717, 1.165) is 17.1 Å². The minimum atomic E-state index is -0.300. The fourth-order valence-electron chi connectivity index (χ4n) is 2.63. The zero-order valence-electron chi connectivity index (χ0n) is 14.8. The van der Waals surface area contributed by atoms with Crippen molar-refractivity contribution in [1.82, 2.24) is 5.32 Å². The summed E-state index contributed by atoms with van der Waals surface area (Å²) in [5.74, 6) is 2.70. The summed E-state index contributed by atoms with van der Waals surface area (Å²) in [5.41, 5.74) is 1.64. The topological polar surface area (TPSA) is 78.1 Å². The molecule has 1 aliphatic rings. The lowest BCUT2D eigenvalue weighted by molar-refractivity contribution is 0.171. The minimum absolute atomic E-state index is 0.300. The predicted molar refractivity (Wildman–Crippen MR) is 97.7 cm³/mol. The number of nitrogens with one attached hydrogen (secondary N) is 2. The van der Waals surface area contributed by atoms with Crippen LogP contribution in [0, 0.1) is 0 Å². The van der Waals surface area contributed by atoms with Gasteiger partial charge in [-0.2, -0.15) is 0 Å². The van der Waals surface area contributed by atoms with Crippen molar-refractivity contribution in [2.45, 2.75) is 6.42 Å². The van der Waals surface area contributed by atoms with Crippen LogP contribution < -0.4 is 29.6 Å². The van der Waals surface area contributed by atoms with Gasteiger partial charge in [0.15, 0.2) is 11.5 Å². The van der Waals surface area contributed by atoms with E-state index in [1.54, 1.807) is 32.4 Å². The van der Waals surface area contributed by atoms with E-state index in [0.29, 0.717) is 43.4 Å². The summed E-state index contributed by atoms with van der Waals surface area (Å²) >= 11 is 0. The predicted octanol–water partition coefficient (Wildman–Crippen LogP) is 2.84. The molecule has 1 heterocycles. The summed E-state index contributed by atoms with van der Waals surface area (Å²) in [6, 6.07) is 10.7. The smallest absolute Gasteiger partial charge is 0.319 e. The van der Waals surface area contributed by atoms with Crippen molar-refractivity contribution >= 4 is 11.7 Å². The quantitative estimate of drug-likeness (QED) is 0.830. The highest BCUT2D eigenvalue weighted by atomic mass is 16.6. The highest BCUT2D eigenvalue weighted by Crippen LogP contribution is 2.31. The van der Waals surface area contributed by atoms with Gasteiger partial charge in [-0.05, 0) is 36.2 Å². The van der Waals surface area contributed by atoms with E-state index in [1.807, 2.05) is 18.2 Å². The van der Waals surface area contributed by atoms with Crippen molar-refractivity contribution < 1.29 is 23.7 Å². The average Bonchev–Trinajstić information content (AvgIpc) is 2.68. The van der Waals surface area contributed by atoms with Crippen molar-refractivity contribution in [3.8, 4) is 23.0 Å². The lowest BCUT2D eigenvalue weighted by Crippen LogP contribution is -2.30. The largest absolute Gasteiger partial charge is 0.497 e. The highest BCUT2D eigenvalue weighted by Gasteiger charge is 2.12. The third-order valence-corrected chi connectivity index (χ3v) is 3.96. The lowest BCUT2D eigenvalue weighted by Gasteiger charge is -2.19. The summed E-state index contributed by atoms with van der Waals surface area (Å²) in [4.78, 5) is 12.1. The van der Waals surface area contributed by atoms with E-state index in [-0.39, 0.29) is 6.03 Å². The first kappa shape index (κ1) is 17.7. The number of methoxy groups -OCH3 is 2. The van der Waals surface area contributed by atoms with Crippen LogP contribution in [0.5, 0.6) is 23.0 Å². The summed E-state index contributed by atoms with van der Waals surface area (Å²) < 4.78 is 21.5. The van der Waals surface area contributed by atoms with Gasteiger partial charge < -0.3 is 29.6 Å². The van der Waals surface area contributed by atoms with Crippen LogP contribution in [0.2, 0.25) is 0 Å². The van der Waals surface area contributed by atoms with Gasteiger partial charge >= 0.3 is 6.03 Å². The lowest BCUT2D eigenvalue weighted by atomic mass is 10.1. The molecule has 3 rings (SSSR count). The Kier molecular flexibility index (Phi) is 5.68. The van der Waals surface area contributed by atoms with E-state index in [9.17, 15) is 4.79 Å². The monoisotopic (exact) mass is 358 g/mol. The van der Waals surface area contributed by atoms with Gasteiger partial charge in [0, 0.05) is 12.6 Å². The average molecular weight is 358 g/mol. The molecule has 2 amide bonds. The molecular formula is C19H22N2O5. The summed E-state index contributed by atoms with van der Waals surface area (Å²) in [6.45, 7) is 1.62. The number of fused-ring (bicyclic) bond motifs is 1. The van der Waals surface area contributed by atoms with Crippen LogP contribution >= 0.6 is 0 Å². The van der Waals surface area contributed by atoms with E-state index in [1.165, 1.54) is 0 Å². The van der Waals surface area contributed by atoms with Gasteiger partial charge in [-0.15, -0.1) is 0 Å². The third kappa shape index (κ3) is 4.30. The number of rotatable bonds is 6. The molecule has 0 spiro atoms. The van der Waals surface area contributed by atoms with Crippen molar-refractivity contribution in [1.29, 1.82) is 0 Å². The Morgan fingerprint density at radius 3 is 2.62 bits per heavy atom. The normalized spacial score (nSPS) is 12.2. The molecule has 2 aromatic carbocycles. The number of carbonyl (C=O) groups excluding carboxylic acids is 1. The molecule has 0 aromatic heterocycles. The SMILES string of the molecule is COc1ccc(NC(=O)NCCc2ccc3c(c2)OCCO3)c(OC)c1. The molecule has 0 aliphatic carbocycles. The van der Waals surface area contributed by atoms with Crippen LogP contribution in [0.15, 0.2) is 36.4 Å². The Balaban J connectivity index is 1.51. The van der Waals surface area contributed by atoms with Gasteiger partial charge in [0.25, 0.3) is 0 Å². The third-order valence-electron chi connectivity index (χ3n) is 3.96. The first-order valence-corrected chi connectivity index (χ1v) is 8.35. The molecule has 0 fully saturated rings. The van der Waals surface area contributed by atoms with Crippen LogP contribution in [0.1, 0.15) is 5.56 Å².